The van der Waals surface area contributed by atoms with E-state index in [9.17, 15) is 5.11 Å². The smallest absolute Gasteiger partial charge is 0.192 e. The van der Waals surface area contributed by atoms with E-state index in [1.54, 1.807) is 0 Å². The minimum absolute atomic E-state index is 0.00703. The van der Waals surface area contributed by atoms with Crippen molar-refractivity contribution in [3.8, 4) is 0 Å². The Balaban J connectivity index is 3.51. The Hall–Kier alpha value is 0.451. The van der Waals surface area contributed by atoms with E-state index >= 15 is 0 Å². The number of hydrogen-bond acceptors (Lipinski definition) is 5. The Morgan fingerprint density at radius 2 is 0.844 bits per heavy atom. The molecule has 192 valence electrons. The van der Waals surface area contributed by atoms with Crippen LogP contribution in [0.25, 0.3) is 0 Å². The monoisotopic (exact) mass is 506 g/mol. The van der Waals surface area contributed by atoms with Crippen LogP contribution in [0.3, 0.4) is 0 Å². The molecule has 0 aromatic heterocycles. The number of rotatable bonds is 6. The predicted molar refractivity (Wildman–Crippen MR) is 143 cm³/mol. The van der Waals surface area contributed by atoms with Crippen LogP contribution in [-0.4, -0.2) is 60.8 Å². The minimum Gasteiger partial charge on any atom is -0.409 e. The highest BCUT2D eigenvalue weighted by atomic mass is 28.4. The Bertz CT molecular complexity index is 589. The van der Waals surface area contributed by atoms with Crippen LogP contribution in [0.1, 0.15) is 69.2 Å². The maximum absolute atomic E-state index is 11.1. The summed E-state index contributed by atoms with van der Waals surface area (Å²) in [6.45, 7) is 35.6. The maximum atomic E-state index is 11.1. The molecule has 0 aromatic carbocycles. The highest BCUT2D eigenvalue weighted by Crippen LogP contribution is 2.45. The Morgan fingerprint density at radius 3 is 1.16 bits per heavy atom. The fourth-order valence-corrected chi connectivity index (χ4v) is 6.91. The lowest BCUT2D eigenvalue weighted by molar-refractivity contribution is -0.267. The second-order valence-electron chi connectivity index (χ2n) is 14.3. The van der Waals surface area contributed by atoms with Crippen LogP contribution in [-0.2, 0) is 18.0 Å². The molecule has 0 spiro atoms. The zero-order chi connectivity index (χ0) is 25.7. The molecule has 0 radical (unpaired) electrons. The first-order valence-electron chi connectivity index (χ1n) is 12.2. The summed E-state index contributed by atoms with van der Waals surface area (Å²) in [4.78, 5) is 0. The van der Waals surface area contributed by atoms with E-state index in [0.717, 1.165) is 0 Å². The van der Waals surface area contributed by atoms with Gasteiger partial charge in [-0.05, 0) is 61.3 Å². The van der Waals surface area contributed by atoms with Crippen LogP contribution in [0.15, 0.2) is 0 Å². The van der Waals surface area contributed by atoms with Crippen molar-refractivity contribution in [3.63, 3.8) is 0 Å². The zero-order valence-corrected chi connectivity index (χ0v) is 27.0. The summed E-state index contributed by atoms with van der Waals surface area (Å²) in [5, 5.41) is 11.2. The molecule has 0 saturated carbocycles. The first-order chi connectivity index (χ1) is 13.8. The van der Waals surface area contributed by atoms with Gasteiger partial charge in [-0.1, -0.05) is 62.3 Å². The van der Waals surface area contributed by atoms with Crippen LogP contribution >= 0.6 is 0 Å². The van der Waals surface area contributed by atoms with E-state index in [4.69, 9.17) is 18.0 Å². The maximum Gasteiger partial charge on any atom is 0.192 e. The van der Waals surface area contributed by atoms with Crippen LogP contribution in [0.4, 0.5) is 0 Å². The topological polar surface area (TPSA) is 57.2 Å². The molecule has 1 N–H and O–H groups in total. The number of aliphatic hydroxyl groups excluding tert-OH is 1. The normalized spacial score (nSPS) is 29.3. The van der Waals surface area contributed by atoms with Gasteiger partial charge >= 0.3 is 0 Å². The first kappa shape index (κ1) is 30.5. The number of aliphatic hydroxyl groups is 1. The van der Waals surface area contributed by atoms with Crippen molar-refractivity contribution < 1.29 is 23.1 Å². The molecule has 0 aromatic rings. The Kier molecular flexibility index (Phi) is 9.03. The van der Waals surface area contributed by atoms with Crippen LogP contribution in [0, 0.1) is 0 Å². The summed E-state index contributed by atoms with van der Waals surface area (Å²) in [5.41, 5.74) is 0. The highest BCUT2D eigenvalue weighted by molar-refractivity contribution is 6.75. The molecule has 1 aliphatic heterocycles. The molecule has 0 unspecified atom stereocenters. The lowest BCUT2D eigenvalue weighted by Crippen LogP contribution is -2.66. The average molecular weight is 507 g/mol. The molecule has 1 heterocycles. The third kappa shape index (κ3) is 6.77. The summed E-state index contributed by atoms with van der Waals surface area (Å²) in [7, 11) is -6.48. The molecule has 32 heavy (non-hydrogen) atoms. The molecule has 0 amide bonds. The molecular weight excluding hydrogens is 453 g/mol. The second-order valence-corrected chi connectivity index (χ2v) is 28.5. The molecule has 0 aliphatic carbocycles. The van der Waals surface area contributed by atoms with E-state index in [1.807, 2.05) is 6.92 Å². The van der Waals surface area contributed by atoms with Crippen molar-refractivity contribution in [2.24, 2.45) is 0 Å². The van der Waals surface area contributed by atoms with Gasteiger partial charge in [-0.15, -0.1) is 0 Å². The van der Waals surface area contributed by atoms with E-state index in [0.29, 0.717) is 0 Å². The molecule has 5 nitrogen and oxygen atoms in total. The number of hydrogen-bond donors (Lipinski definition) is 1. The van der Waals surface area contributed by atoms with Gasteiger partial charge in [0.15, 0.2) is 31.2 Å². The van der Waals surface area contributed by atoms with Gasteiger partial charge in [-0.2, -0.15) is 0 Å². The van der Waals surface area contributed by atoms with E-state index in [2.05, 4.69) is 102 Å². The van der Waals surface area contributed by atoms with Crippen molar-refractivity contribution in [1.82, 2.24) is 0 Å². The summed E-state index contributed by atoms with van der Waals surface area (Å²) in [5.74, 6) is 0. The van der Waals surface area contributed by atoms with Crippen molar-refractivity contribution in [2.45, 2.75) is 154 Å². The lowest BCUT2D eigenvalue weighted by Gasteiger charge is -2.53. The van der Waals surface area contributed by atoms with Crippen molar-refractivity contribution in [1.29, 1.82) is 0 Å². The van der Waals surface area contributed by atoms with E-state index in [1.165, 1.54) is 0 Å². The number of ether oxygens (including phenoxy) is 1. The molecule has 1 saturated heterocycles. The van der Waals surface area contributed by atoms with Gasteiger partial charge < -0.3 is 23.1 Å². The third-order valence-electron chi connectivity index (χ3n) is 8.46. The minimum atomic E-state index is -2.19. The summed E-state index contributed by atoms with van der Waals surface area (Å²) in [6, 6.07) is 0. The molecule has 1 fully saturated rings. The van der Waals surface area contributed by atoms with Gasteiger partial charge in [-0.25, -0.2) is 0 Å². The molecule has 1 rings (SSSR count). The van der Waals surface area contributed by atoms with Crippen LogP contribution < -0.4 is 0 Å². The van der Waals surface area contributed by atoms with Gasteiger partial charge in [0, 0.05) is 0 Å². The van der Waals surface area contributed by atoms with Gasteiger partial charge in [0.25, 0.3) is 0 Å². The predicted octanol–water partition coefficient (Wildman–Crippen LogP) is 6.89. The average Bonchev–Trinajstić information content (AvgIpc) is 2.51. The van der Waals surface area contributed by atoms with Crippen molar-refractivity contribution >= 4 is 25.0 Å². The first-order valence-corrected chi connectivity index (χ1v) is 20.9. The summed E-state index contributed by atoms with van der Waals surface area (Å²) < 4.78 is 26.8. The lowest BCUT2D eigenvalue weighted by atomic mass is 10.0. The fourth-order valence-electron chi connectivity index (χ4n) is 2.96. The quantitative estimate of drug-likeness (QED) is 0.397. The van der Waals surface area contributed by atoms with Gasteiger partial charge in [0.2, 0.25) is 0 Å². The standard InChI is InChI=1S/C24H54O5Si3/c1-17-18(27-30(11,12)22(2,3)4)19(28-31(13,14)23(5,6)7)20(21(25)26-17)29-32(15,16)24(8,9)10/h17-21,25H,1-16H3/t17-,18+,19+,20-,21+/m1/s1. The van der Waals surface area contributed by atoms with Gasteiger partial charge in [0.1, 0.15) is 12.2 Å². The fraction of sp³-hybridized carbons (Fsp3) is 1.00. The summed E-state index contributed by atoms with van der Waals surface area (Å²) in [6.07, 6.45) is -2.56. The summed E-state index contributed by atoms with van der Waals surface area (Å²) >= 11 is 0. The second kappa shape index (κ2) is 9.48. The van der Waals surface area contributed by atoms with Crippen LogP contribution in [0.5, 0.6) is 0 Å². The Labute approximate surface area is 202 Å². The van der Waals surface area contributed by atoms with Crippen molar-refractivity contribution in [3.05, 3.63) is 0 Å². The molecule has 0 bridgehead atoms. The van der Waals surface area contributed by atoms with Crippen molar-refractivity contribution in [2.75, 3.05) is 0 Å². The Morgan fingerprint density at radius 1 is 0.562 bits per heavy atom. The zero-order valence-electron chi connectivity index (χ0n) is 24.0. The van der Waals surface area contributed by atoms with E-state index < -0.39 is 37.3 Å². The highest BCUT2D eigenvalue weighted by Gasteiger charge is 2.55. The largest absolute Gasteiger partial charge is 0.409 e. The molecule has 8 heteroatoms. The third-order valence-corrected chi connectivity index (χ3v) is 21.9. The SMILES string of the molecule is C[C@H]1O[C@H](O)[C@H](O[Si](C)(C)C(C)(C)C)[C@@H](O[Si](C)(C)C(C)(C)C)[C@H]1O[Si](C)(C)C(C)(C)C. The van der Waals surface area contributed by atoms with Crippen LogP contribution in [0.2, 0.25) is 54.4 Å². The molecule has 5 atom stereocenters. The molecule has 1 aliphatic rings. The van der Waals surface area contributed by atoms with E-state index in [-0.39, 0.29) is 33.4 Å². The molecular formula is C24H54O5Si3. The van der Waals surface area contributed by atoms with Gasteiger partial charge in [0.05, 0.1) is 12.2 Å². The van der Waals surface area contributed by atoms with Gasteiger partial charge in [-0.3, -0.25) is 0 Å².